The number of carbonyl (C=O) groups excluding carboxylic acids is 1. The van der Waals surface area contributed by atoms with Gasteiger partial charge >= 0.3 is 0 Å². The molecule has 3 nitrogen and oxygen atoms in total. The molecule has 0 amide bonds. The fraction of sp³-hybridized carbons (Fsp3) is 0.0667. The highest BCUT2D eigenvalue weighted by Crippen LogP contribution is 2.25. The highest BCUT2D eigenvalue weighted by atomic mass is 19.2. The van der Waals surface area contributed by atoms with E-state index in [-0.39, 0.29) is 0 Å². The number of halogens is 2. The van der Waals surface area contributed by atoms with Crippen LogP contribution in [0.25, 0.3) is 16.9 Å². The molecule has 0 N–H and O–H groups in total. The lowest BCUT2D eigenvalue weighted by molar-refractivity contribution is 0.111. The summed E-state index contributed by atoms with van der Waals surface area (Å²) in [6.07, 6.45) is 2.44. The van der Waals surface area contributed by atoms with E-state index in [0.717, 1.165) is 17.7 Å². The molecule has 3 aromatic rings. The van der Waals surface area contributed by atoms with Crippen LogP contribution in [0.15, 0.2) is 36.5 Å². The average Bonchev–Trinajstić information content (AvgIpc) is 2.79. The maximum atomic E-state index is 13.3. The molecule has 0 unspecified atom stereocenters. The van der Waals surface area contributed by atoms with Crippen molar-refractivity contribution in [3.63, 3.8) is 0 Å². The predicted octanol–water partition coefficient (Wildman–Crippen LogP) is 3.40. The van der Waals surface area contributed by atoms with Crippen LogP contribution in [0.2, 0.25) is 0 Å². The lowest BCUT2D eigenvalue weighted by Gasteiger charge is -2.00. The van der Waals surface area contributed by atoms with Gasteiger partial charge in [0.05, 0.1) is 0 Å². The maximum Gasteiger partial charge on any atom is 0.169 e. The normalized spacial score (nSPS) is 10.9. The molecule has 20 heavy (non-hydrogen) atoms. The second kappa shape index (κ2) is 4.52. The minimum Gasteiger partial charge on any atom is -0.296 e. The van der Waals surface area contributed by atoms with Crippen molar-refractivity contribution in [3.05, 3.63) is 59.4 Å². The molecule has 0 radical (unpaired) electrons. The number of aromatic nitrogens is 2. The molecule has 2 heterocycles. The fourth-order valence-corrected chi connectivity index (χ4v) is 2.14. The van der Waals surface area contributed by atoms with Gasteiger partial charge in [-0.15, -0.1) is 0 Å². The first-order valence-corrected chi connectivity index (χ1v) is 5.99. The number of fused-ring (bicyclic) bond motifs is 1. The Bertz CT molecular complexity index is 824. The SMILES string of the molecule is Cc1ccc2nc(-c3ccc(F)c(F)c3)c(C=O)n2c1. The number of pyridine rings is 1. The lowest BCUT2D eigenvalue weighted by atomic mass is 10.1. The Morgan fingerprint density at radius 3 is 2.65 bits per heavy atom. The summed E-state index contributed by atoms with van der Waals surface area (Å²) < 4.78 is 27.9. The number of rotatable bonds is 2. The molecule has 0 spiro atoms. The Labute approximate surface area is 113 Å². The molecular weight excluding hydrogens is 262 g/mol. The van der Waals surface area contributed by atoms with Crippen LogP contribution in [0.5, 0.6) is 0 Å². The van der Waals surface area contributed by atoms with Crippen LogP contribution in [-0.4, -0.2) is 15.7 Å². The maximum absolute atomic E-state index is 13.3. The van der Waals surface area contributed by atoms with E-state index in [9.17, 15) is 13.6 Å². The molecule has 0 fully saturated rings. The van der Waals surface area contributed by atoms with Crippen molar-refractivity contribution in [2.75, 3.05) is 0 Å². The molecule has 0 bridgehead atoms. The van der Waals surface area contributed by atoms with Crippen molar-refractivity contribution in [3.8, 4) is 11.3 Å². The third-order valence-electron chi connectivity index (χ3n) is 3.11. The molecule has 1 aromatic carbocycles. The highest BCUT2D eigenvalue weighted by Gasteiger charge is 2.15. The highest BCUT2D eigenvalue weighted by molar-refractivity contribution is 5.86. The van der Waals surface area contributed by atoms with Crippen LogP contribution in [0, 0.1) is 18.6 Å². The van der Waals surface area contributed by atoms with E-state index in [1.165, 1.54) is 6.07 Å². The van der Waals surface area contributed by atoms with Gasteiger partial charge in [0.2, 0.25) is 0 Å². The minimum absolute atomic E-state index is 0.315. The van der Waals surface area contributed by atoms with E-state index in [2.05, 4.69) is 4.98 Å². The van der Waals surface area contributed by atoms with Crippen LogP contribution in [0.1, 0.15) is 16.1 Å². The van der Waals surface area contributed by atoms with Gasteiger partial charge in [-0.25, -0.2) is 13.8 Å². The summed E-state index contributed by atoms with van der Waals surface area (Å²) in [6, 6.07) is 7.10. The molecule has 3 rings (SSSR count). The van der Waals surface area contributed by atoms with Gasteiger partial charge in [0.25, 0.3) is 0 Å². The first kappa shape index (κ1) is 12.5. The molecule has 0 atom stereocenters. The van der Waals surface area contributed by atoms with Gasteiger partial charge in [-0.2, -0.15) is 0 Å². The van der Waals surface area contributed by atoms with Gasteiger partial charge in [-0.3, -0.25) is 9.20 Å². The Balaban J connectivity index is 2.30. The van der Waals surface area contributed by atoms with E-state index >= 15 is 0 Å². The average molecular weight is 272 g/mol. The zero-order valence-electron chi connectivity index (χ0n) is 10.6. The van der Waals surface area contributed by atoms with Gasteiger partial charge in [0, 0.05) is 11.8 Å². The topological polar surface area (TPSA) is 34.4 Å². The van der Waals surface area contributed by atoms with Crippen LogP contribution in [-0.2, 0) is 0 Å². The minimum atomic E-state index is -0.965. The van der Waals surface area contributed by atoms with Gasteiger partial charge in [0.1, 0.15) is 17.0 Å². The summed E-state index contributed by atoms with van der Waals surface area (Å²) >= 11 is 0. The Morgan fingerprint density at radius 2 is 1.95 bits per heavy atom. The molecule has 0 saturated heterocycles. The third-order valence-corrected chi connectivity index (χ3v) is 3.11. The first-order chi connectivity index (χ1) is 9.60. The summed E-state index contributed by atoms with van der Waals surface area (Å²) in [4.78, 5) is 15.6. The quantitative estimate of drug-likeness (QED) is 0.670. The molecule has 100 valence electrons. The number of benzene rings is 1. The van der Waals surface area contributed by atoms with Crippen molar-refractivity contribution in [2.24, 2.45) is 0 Å². The Hall–Kier alpha value is -2.56. The van der Waals surface area contributed by atoms with Crippen molar-refractivity contribution >= 4 is 11.9 Å². The predicted molar refractivity (Wildman–Crippen MR) is 70.7 cm³/mol. The lowest BCUT2D eigenvalue weighted by Crippen LogP contribution is -1.93. The van der Waals surface area contributed by atoms with Gasteiger partial charge in [-0.05, 0) is 36.8 Å². The molecule has 5 heteroatoms. The van der Waals surface area contributed by atoms with Gasteiger partial charge in [-0.1, -0.05) is 6.07 Å². The number of hydrogen-bond donors (Lipinski definition) is 0. The van der Waals surface area contributed by atoms with E-state index in [1.807, 2.05) is 13.0 Å². The van der Waals surface area contributed by atoms with Gasteiger partial charge in [0.15, 0.2) is 17.9 Å². The summed E-state index contributed by atoms with van der Waals surface area (Å²) in [5, 5.41) is 0. The summed E-state index contributed by atoms with van der Waals surface area (Å²) in [7, 11) is 0. The van der Waals surface area contributed by atoms with Crippen molar-refractivity contribution in [1.82, 2.24) is 9.38 Å². The standard InChI is InChI=1S/C15H10F2N2O/c1-9-2-5-14-18-15(13(8-20)19(14)7-9)10-3-4-11(16)12(17)6-10/h2-8H,1H3. The van der Waals surface area contributed by atoms with E-state index in [1.54, 1.807) is 16.7 Å². The number of aldehydes is 1. The largest absolute Gasteiger partial charge is 0.296 e. The third kappa shape index (κ3) is 1.87. The van der Waals surface area contributed by atoms with E-state index in [4.69, 9.17) is 0 Å². The van der Waals surface area contributed by atoms with Crippen molar-refractivity contribution in [2.45, 2.75) is 6.92 Å². The smallest absolute Gasteiger partial charge is 0.169 e. The first-order valence-electron chi connectivity index (χ1n) is 5.99. The molecule has 2 aromatic heterocycles. The Morgan fingerprint density at radius 1 is 1.15 bits per heavy atom. The Kier molecular flexibility index (Phi) is 2.82. The monoisotopic (exact) mass is 272 g/mol. The molecule has 0 aliphatic heterocycles. The molecular formula is C15H10F2N2O. The van der Waals surface area contributed by atoms with Crippen LogP contribution < -0.4 is 0 Å². The zero-order chi connectivity index (χ0) is 14.3. The van der Waals surface area contributed by atoms with E-state index in [0.29, 0.717) is 28.9 Å². The van der Waals surface area contributed by atoms with Crippen molar-refractivity contribution in [1.29, 1.82) is 0 Å². The molecule has 0 saturated carbocycles. The second-order valence-electron chi connectivity index (χ2n) is 4.53. The zero-order valence-corrected chi connectivity index (χ0v) is 10.6. The van der Waals surface area contributed by atoms with Gasteiger partial charge < -0.3 is 0 Å². The number of aryl methyl sites for hydroxylation is 1. The molecule has 0 aliphatic carbocycles. The number of nitrogens with zero attached hydrogens (tertiary/aromatic N) is 2. The van der Waals surface area contributed by atoms with E-state index < -0.39 is 11.6 Å². The number of hydrogen-bond acceptors (Lipinski definition) is 2. The summed E-state index contributed by atoms with van der Waals surface area (Å²) in [5.74, 6) is -1.89. The summed E-state index contributed by atoms with van der Waals surface area (Å²) in [5.41, 5.74) is 2.57. The summed E-state index contributed by atoms with van der Waals surface area (Å²) in [6.45, 7) is 1.89. The van der Waals surface area contributed by atoms with Crippen LogP contribution in [0.3, 0.4) is 0 Å². The number of imidazole rings is 1. The number of carbonyl (C=O) groups is 1. The van der Waals surface area contributed by atoms with Crippen LogP contribution in [0.4, 0.5) is 8.78 Å². The van der Waals surface area contributed by atoms with Crippen LogP contribution >= 0.6 is 0 Å². The second-order valence-corrected chi connectivity index (χ2v) is 4.53. The van der Waals surface area contributed by atoms with Crippen molar-refractivity contribution < 1.29 is 13.6 Å². The molecule has 0 aliphatic rings. The fourth-order valence-electron chi connectivity index (χ4n) is 2.14.